The molecule has 2 aromatic rings. The second-order valence-corrected chi connectivity index (χ2v) is 6.90. The molecule has 2 N–H and O–H groups in total. The van der Waals surface area contributed by atoms with Gasteiger partial charge >= 0.3 is 0 Å². The average molecular weight is 327 g/mol. The van der Waals surface area contributed by atoms with Gasteiger partial charge in [-0.1, -0.05) is 6.07 Å². The first kappa shape index (κ1) is 16.5. The topological polar surface area (TPSA) is 35.2 Å². The molecule has 0 aliphatic heterocycles. The molecule has 2 nitrogen and oxygen atoms in total. The van der Waals surface area contributed by atoms with Crippen LogP contribution in [-0.4, -0.2) is 7.11 Å². The zero-order valence-corrected chi connectivity index (χ0v) is 13.2. The van der Waals surface area contributed by atoms with Crippen molar-refractivity contribution in [1.29, 1.82) is 0 Å². The Morgan fingerprint density at radius 2 is 1.64 bits per heavy atom. The van der Waals surface area contributed by atoms with Crippen molar-refractivity contribution in [3.05, 3.63) is 53.3 Å². The molecule has 0 atom stereocenters. The minimum atomic E-state index is -0.938. The highest BCUT2D eigenvalue weighted by Gasteiger charge is 2.30. The van der Waals surface area contributed by atoms with Crippen LogP contribution in [0, 0.1) is 17.5 Å². The molecule has 0 aliphatic carbocycles. The summed E-state index contributed by atoms with van der Waals surface area (Å²) in [6, 6.07) is 6.28. The number of rotatable bonds is 4. The lowest BCUT2D eigenvalue weighted by Gasteiger charge is -2.26. The number of hydrogen-bond donors (Lipinski definition) is 1. The average Bonchev–Trinajstić information content (AvgIpc) is 2.41. The van der Waals surface area contributed by atoms with Crippen molar-refractivity contribution >= 4 is 17.4 Å². The summed E-state index contributed by atoms with van der Waals surface area (Å²) in [5, 5.41) is 0. The fourth-order valence-corrected chi connectivity index (χ4v) is 3.46. The highest BCUT2D eigenvalue weighted by Crippen LogP contribution is 2.46. The Bertz CT molecular complexity index is 684. The molecule has 0 unspecified atom stereocenters. The van der Waals surface area contributed by atoms with Crippen molar-refractivity contribution in [1.82, 2.24) is 0 Å². The van der Waals surface area contributed by atoms with Crippen LogP contribution in [0.25, 0.3) is 0 Å². The number of thioether (sulfide) groups is 1. The van der Waals surface area contributed by atoms with Gasteiger partial charge < -0.3 is 10.5 Å². The van der Waals surface area contributed by atoms with E-state index in [1.165, 1.54) is 31.4 Å². The molecule has 118 valence electrons. The number of ether oxygens (including phenoxy) is 1. The van der Waals surface area contributed by atoms with Crippen LogP contribution < -0.4 is 10.5 Å². The molecule has 0 amide bonds. The van der Waals surface area contributed by atoms with Crippen molar-refractivity contribution in [2.75, 3.05) is 12.8 Å². The molecule has 0 heterocycles. The van der Waals surface area contributed by atoms with Gasteiger partial charge in [-0.25, -0.2) is 13.2 Å². The summed E-state index contributed by atoms with van der Waals surface area (Å²) in [5.74, 6) is -1.60. The molecule has 0 aliphatic rings. The lowest BCUT2D eigenvalue weighted by Crippen LogP contribution is -2.17. The quantitative estimate of drug-likeness (QED) is 0.652. The van der Waals surface area contributed by atoms with Crippen molar-refractivity contribution in [3.8, 4) is 5.75 Å². The standard InChI is InChI=1S/C16H16F3NOS/c1-16(2,15-9(17)5-4-6-10(15)18)22-14-8-12(20)11(19)7-13(14)21-3/h4-8H,20H2,1-3H3. The summed E-state index contributed by atoms with van der Waals surface area (Å²) in [7, 11) is 1.39. The maximum absolute atomic E-state index is 14.0. The second-order valence-electron chi connectivity index (χ2n) is 5.23. The van der Waals surface area contributed by atoms with Crippen LogP contribution in [0.2, 0.25) is 0 Å². The zero-order valence-electron chi connectivity index (χ0n) is 12.4. The fourth-order valence-electron chi connectivity index (χ4n) is 2.19. The molecule has 0 spiro atoms. The highest BCUT2D eigenvalue weighted by atomic mass is 32.2. The molecular formula is C16H16F3NOS. The highest BCUT2D eigenvalue weighted by molar-refractivity contribution is 8.00. The van der Waals surface area contributed by atoms with E-state index in [1.807, 2.05) is 0 Å². The molecule has 0 radical (unpaired) electrons. The first-order valence-corrected chi connectivity index (χ1v) is 7.34. The third-order valence-corrected chi connectivity index (χ3v) is 4.47. The maximum atomic E-state index is 14.0. The molecular weight excluding hydrogens is 311 g/mol. The molecule has 2 aromatic carbocycles. The first-order valence-electron chi connectivity index (χ1n) is 6.52. The number of methoxy groups -OCH3 is 1. The van der Waals surface area contributed by atoms with Crippen LogP contribution in [0.1, 0.15) is 19.4 Å². The largest absolute Gasteiger partial charge is 0.495 e. The van der Waals surface area contributed by atoms with Gasteiger partial charge in [-0.05, 0) is 32.0 Å². The van der Waals surface area contributed by atoms with E-state index in [1.54, 1.807) is 13.8 Å². The monoisotopic (exact) mass is 327 g/mol. The molecule has 0 fully saturated rings. The van der Waals surface area contributed by atoms with Gasteiger partial charge in [-0.3, -0.25) is 0 Å². The van der Waals surface area contributed by atoms with Gasteiger partial charge in [0, 0.05) is 16.4 Å². The van der Waals surface area contributed by atoms with Crippen molar-refractivity contribution in [2.45, 2.75) is 23.5 Å². The number of nitrogens with two attached hydrogens (primary N) is 1. The van der Waals surface area contributed by atoms with E-state index in [4.69, 9.17) is 10.5 Å². The van der Waals surface area contributed by atoms with Crippen LogP contribution in [0.15, 0.2) is 35.2 Å². The van der Waals surface area contributed by atoms with Crippen LogP contribution in [0.5, 0.6) is 5.75 Å². The van der Waals surface area contributed by atoms with Gasteiger partial charge in [0.25, 0.3) is 0 Å². The van der Waals surface area contributed by atoms with E-state index in [-0.39, 0.29) is 17.0 Å². The minimum Gasteiger partial charge on any atom is -0.495 e. The minimum absolute atomic E-state index is 0.0481. The Hall–Kier alpha value is -1.82. The normalized spacial score (nSPS) is 11.5. The van der Waals surface area contributed by atoms with E-state index in [0.717, 1.165) is 17.8 Å². The van der Waals surface area contributed by atoms with Gasteiger partial charge in [0.15, 0.2) is 0 Å². The SMILES string of the molecule is COc1cc(F)c(N)cc1SC(C)(C)c1c(F)cccc1F. The number of halogens is 3. The summed E-state index contributed by atoms with van der Waals surface area (Å²) in [5.41, 5.74) is 5.47. The number of anilines is 1. The third kappa shape index (κ3) is 3.16. The Labute approximate surface area is 131 Å². The fraction of sp³-hybridized carbons (Fsp3) is 0.250. The molecule has 0 bridgehead atoms. The van der Waals surface area contributed by atoms with Crippen LogP contribution >= 0.6 is 11.8 Å². The van der Waals surface area contributed by atoms with Crippen LogP contribution in [0.3, 0.4) is 0 Å². The molecule has 22 heavy (non-hydrogen) atoms. The predicted octanol–water partition coefficient (Wildman–Crippen LogP) is 4.72. The summed E-state index contributed by atoms with van der Waals surface area (Å²) in [6.07, 6.45) is 0. The Morgan fingerprint density at radius 3 is 2.18 bits per heavy atom. The van der Waals surface area contributed by atoms with E-state index >= 15 is 0 Å². The maximum Gasteiger partial charge on any atom is 0.149 e. The molecule has 0 saturated heterocycles. The summed E-state index contributed by atoms with van der Waals surface area (Å²) in [6.45, 7) is 3.36. The van der Waals surface area contributed by atoms with E-state index in [2.05, 4.69) is 0 Å². The molecule has 2 rings (SSSR count). The van der Waals surface area contributed by atoms with Gasteiger partial charge in [-0.15, -0.1) is 11.8 Å². The molecule has 6 heteroatoms. The number of nitrogen functional groups attached to an aromatic ring is 1. The molecule has 0 aromatic heterocycles. The smallest absolute Gasteiger partial charge is 0.149 e. The Kier molecular flexibility index (Phi) is 4.60. The van der Waals surface area contributed by atoms with E-state index < -0.39 is 22.2 Å². The predicted molar refractivity (Wildman–Crippen MR) is 82.6 cm³/mol. The van der Waals surface area contributed by atoms with Crippen molar-refractivity contribution in [2.24, 2.45) is 0 Å². The van der Waals surface area contributed by atoms with Gasteiger partial charge in [0.1, 0.15) is 23.2 Å². The van der Waals surface area contributed by atoms with Crippen LogP contribution in [-0.2, 0) is 4.75 Å². The van der Waals surface area contributed by atoms with Crippen molar-refractivity contribution < 1.29 is 17.9 Å². The Morgan fingerprint density at radius 1 is 1.05 bits per heavy atom. The summed E-state index contributed by atoms with van der Waals surface area (Å²) >= 11 is 1.15. The van der Waals surface area contributed by atoms with Gasteiger partial charge in [0.05, 0.1) is 17.7 Å². The molecule has 0 saturated carbocycles. The number of hydrogen-bond acceptors (Lipinski definition) is 3. The van der Waals surface area contributed by atoms with Crippen molar-refractivity contribution in [3.63, 3.8) is 0 Å². The first-order chi connectivity index (χ1) is 10.3. The third-order valence-electron chi connectivity index (χ3n) is 3.21. The van der Waals surface area contributed by atoms with E-state index in [0.29, 0.717) is 4.90 Å². The summed E-state index contributed by atoms with van der Waals surface area (Å²) in [4.78, 5) is 0.508. The number of benzene rings is 2. The summed E-state index contributed by atoms with van der Waals surface area (Å²) < 4.78 is 45.7. The van der Waals surface area contributed by atoms with Crippen LogP contribution in [0.4, 0.5) is 18.9 Å². The Balaban J connectivity index is 2.47. The van der Waals surface area contributed by atoms with E-state index in [9.17, 15) is 13.2 Å². The zero-order chi connectivity index (χ0) is 16.5. The lowest BCUT2D eigenvalue weighted by molar-refractivity contribution is 0.401. The van der Waals surface area contributed by atoms with Gasteiger partial charge in [-0.2, -0.15) is 0 Å². The second kappa shape index (κ2) is 6.12. The van der Waals surface area contributed by atoms with Gasteiger partial charge in [0.2, 0.25) is 0 Å². The lowest BCUT2D eigenvalue weighted by atomic mass is 10.0.